The van der Waals surface area contributed by atoms with Crippen LogP contribution in [0.4, 0.5) is 5.69 Å². The SMILES string of the molecule is Cc1cc(C)c(NC=O)c(S(N)(=O)=O)c1. The number of rotatable bonds is 3. The molecule has 0 radical (unpaired) electrons. The van der Waals surface area contributed by atoms with Crippen molar-refractivity contribution in [3.8, 4) is 0 Å². The monoisotopic (exact) mass is 228 g/mol. The van der Waals surface area contributed by atoms with Crippen molar-refractivity contribution in [3.63, 3.8) is 0 Å². The van der Waals surface area contributed by atoms with Gasteiger partial charge in [0.15, 0.2) is 0 Å². The van der Waals surface area contributed by atoms with Crippen LogP contribution in [0.1, 0.15) is 11.1 Å². The van der Waals surface area contributed by atoms with Gasteiger partial charge in [0, 0.05) is 0 Å². The lowest BCUT2D eigenvalue weighted by Crippen LogP contribution is -2.15. The summed E-state index contributed by atoms with van der Waals surface area (Å²) in [5, 5.41) is 7.38. The molecule has 6 heteroatoms. The van der Waals surface area contributed by atoms with E-state index in [9.17, 15) is 13.2 Å². The first-order chi connectivity index (χ1) is 6.86. The molecule has 0 unspecified atom stereocenters. The number of sulfonamides is 1. The second kappa shape index (κ2) is 4.00. The van der Waals surface area contributed by atoms with Crippen LogP contribution >= 0.6 is 0 Å². The maximum absolute atomic E-state index is 11.3. The minimum atomic E-state index is -3.82. The third kappa shape index (κ3) is 2.54. The van der Waals surface area contributed by atoms with Crippen molar-refractivity contribution in [2.75, 3.05) is 5.32 Å². The molecular weight excluding hydrogens is 216 g/mol. The first-order valence-electron chi connectivity index (χ1n) is 4.20. The molecule has 0 aliphatic carbocycles. The summed E-state index contributed by atoms with van der Waals surface area (Å²) in [6.45, 7) is 3.46. The lowest BCUT2D eigenvalue weighted by Gasteiger charge is -2.10. The normalized spacial score (nSPS) is 11.1. The van der Waals surface area contributed by atoms with Crippen molar-refractivity contribution in [1.82, 2.24) is 0 Å². The number of amides is 1. The highest BCUT2D eigenvalue weighted by molar-refractivity contribution is 7.89. The van der Waals surface area contributed by atoms with Crippen LogP contribution in [0.25, 0.3) is 0 Å². The molecule has 0 saturated carbocycles. The van der Waals surface area contributed by atoms with Crippen molar-refractivity contribution >= 4 is 22.1 Å². The highest BCUT2D eigenvalue weighted by Crippen LogP contribution is 2.25. The molecule has 0 saturated heterocycles. The van der Waals surface area contributed by atoms with Gasteiger partial charge in [0.25, 0.3) is 0 Å². The average molecular weight is 228 g/mol. The third-order valence-electron chi connectivity index (χ3n) is 1.95. The zero-order chi connectivity index (χ0) is 11.6. The highest BCUT2D eigenvalue weighted by Gasteiger charge is 2.16. The molecule has 0 fully saturated rings. The van der Waals surface area contributed by atoms with E-state index in [2.05, 4.69) is 5.32 Å². The molecule has 1 aromatic carbocycles. The minimum Gasteiger partial charge on any atom is -0.327 e. The number of hydrogen-bond donors (Lipinski definition) is 2. The Bertz CT molecular complexity index is 494. The summed E-state index contributed by atoms with van der Waals surface area (Å²) in [5.41, 5.74) is 1.66. The summed E-state index contributed by atoms with van der Waals surface area (Å²) in [7, 11) is -3.82. The second-order valence-electron chi connectivity index (χ2n) is 3.26. The molecule has 0 atom stereocenters. The highest BCUT2D eigenvalue weighted by atomic mass is 32.2. The van der Waals surface area contributed by atoms with Gasteiger partial charge in [0.2, 0.25) is 16.4 Å². The fraction of sp³-hybridized carbons (Fsp3) is 0.222. The van der Waals surface area contributed by atoms with Crippen LogP contribution in [0, 0.1) is 13.8 Å². The Balaban J connectivity index is 3.54. The van der Waals surface area contributed by atoms with Crippen molar-refractivity contribution in [1.29, 1.82) is 0 Å². The van der Waals surface area contributed by atoms with Crippen LogP contribution < -0.4 is 10.5 Å². The predicted octanol–water partition coefficient (Wildman–Crippen LogP) is 0.519. The molecule has 5 nitrogen and oxygen atoms in total. The molecule has 1 rings (SSSR count). The van der Waals surface area contributed by atoms with E-state index in [-0.39, 0.29) is 10.6 Å². The fourth-order valence-corrected chi connectivity index (χ4v) is 2.25. The quantitative estimate of drug-likeness (QED) is 0.739. The molecule has 0 aliphatic heterocycles. The fourth-order valence-electron chi connectivity index (χ4n) is 1.40. The van der Waals surface area contributed by atoms with E-state index in [1.165, 1.54) is 6.07 Å². The van der Waals surface area contributed by atoms with Crippen molar-refractivity contribution in [3.05, 3.63) is 23.3 Å². The van der Waals surface area contributed by atoms with E-state index in [4.69, 9.17) is 5.14 Å². The number of primary sulfonamides is 1. The van der Waals surface area contributed by atoms with E-state index in [0.29, 0.717) is 12.0 Å². The number of hydrogen-bond acceptors (Lipinski definition) is 3. The molecule has 15 heavy (non-hydrogen) atoms. The third-order valence-corrected chi connectivity index (χ3v) is 2.89. The molecule has 0 heterocycles. The lowest BCUT2D eigenvalue weighted by molar-refractivity contribution is -0.105. The minimum absolute atomic E-state index is 0.0629. The van der Waals surface area contributed by atoms with Crippen molar-refractivity contribution < 1.29 is 13.2 Å². The first kappa shape index (κ1) is 11.7. The van der Waals surface area contributed by atoms with Gasteiger partial charge in [0.05, 0.1) is 5.69 Å². The maximum Gasteiger partial charge on any atom is 0.240 e. The van der Waals surface area contributed by atoms with Gasteiger partial charge in [0.1, 0.15) is 4.90 Å². The molecular formula is C9H12N2O3S. The first-order valence-corrected chi connectivity index (χ1v) is 5.75. The number of nitrogens with one attached hydrogen (secondary N) is 1. The van der Waals surface area contributed by atoms with Crippen LogP contribution in [0.2, 0.25) is 0 Å². The molecule has 0 bridgehead atoms. The van der Waals surface area contributed by atoms with Gasteiger partial charge in [-0.15, -0.1) is 0 Å². The Morgan fingerprint density at radius 1 is 1.33 bits per heavy atom. The van der Waals surface area contributed by atoms with Crippen LogP contribution in [0.15, 0.2) is 17.0 Å². The maximum atomic E-state index is 11.3. The van der Waals surface area contributed by atoms with Crippen LogP contribution in [-0.2, 0) is 14.8 Å². The largest absolute Gasteiger partial charge is 0.327 e. The van der Waals surface area contributed by atoms with Crippen LogP contribution in [-0.4, -0.2) is 14.8 Å². The summed E-state index contributed by atoms with van der Waals surface area (Å²) in [6.07, 6.45) is 0.423. The molecule has 1 amide bonds. The number of carbonyl (C=O) groups excluding carboxylic acids is 1. The molecule has 3 N–H and O–H groups in total. The Kier molecular flexibility index (Phi) is 3.11. The van der Waals surface area contributed by atoms with E-state index in [1.807, 2.05) is 0 Å². The molecule has 82 valence electrons. The number of nitrogens with two attached hydrogens (primary N) is 1. The van der Waals surface area contributed by atoms with Gasteiger partial charge in [-0.2, -0.15) is 0 Å². The van der Waals surface area contributed by atoms with E-state index < -0.39 is 10.0 Å². The number of anilines is 1. The zero-order valence-electron chi connectivity index (χ0n) is 8.44. The van der Waals surface area contributed by atoms with Gasteiger partial charge >= 0.3 is 0 Å². The van der Waals surface area contributed by atoms with Crippen LogP contribution in [0.5, 0.6) is 0 Å². The van der Waals surface area contributed by atoms with E-state index in [0.717, 1.165) is 5.56 Å². The zero-order valence-corrected chi connectivity index (χ0v) is 9.26. The predicted molar refractivity (Wildman–Crippen MR) is 57.0 cm³/mol. The van der Waals surface area contributed by atoms with E-state index >= 15 is 0 Å². The van der Waals surface area contributed by atoms with Crippen molar-refractivity contribution in [2.45, 2.75) is 18.7 Å². The smallest absolute Gasteiger partial charge is 0.240 e. The van der Waals surface area contributed by atoms with Crippen molar-refractivity contribution in [2.24, 2.45) is 5.14 Å². The second-order valence-corrected chi connectivity index (χ2v) is 4.79. The molecule has 0 aliphatic rings. The number of aryl methyl sites for hydroxylation is 2. The van der Waals surface area contributed by atoms with Crippen LogP contribution in [0.3, 0.4) is 0 Å². The Hall–Kier alpha value is -1.40. The number of carbonyl (C=O) groups is 1. The topological polar surface area (TPSA) is 89.3 Å². The Morgan fingerprint density at radius 2 is 1.93 bits per heavy atom. The van der Waals surface area contributed by atoms with Gasteiger partial charge < -0.3 is 5.32 Å². The molecule has 0 spiro atoms. The summed E-state index contributed by atoms with van der Waals surface area (Å²) in [4.78, 5) is 10.3. The van der Waals surface area contributed by atoms with E-state index in [1.54, 1.807) is 19.9 Å². The lowest BCUT2D eigenvalue weighted by atomic mass is 10.1. The average Bonchev–Trinajstić information content (AvgIpc) is 2.07. The molecule has 1 aromatic rings. The number of benzene rings is 1. The molecule has 0 aromatic heterocycles. The Morgan fingerprint density at radius 3 is 2.40 bits per heavy atom. The van der Waals surface area contributed by atoms with Gasteiger partial charge in [-0.3, -0.25) is 4.79 Å². The summed E-state index contributed by atoms with van der Waals surface area (Å²) in [5.74, 6) is 0. The van der Waals surface area contributed by atoms with Gasteiger partial charge in [-0.1, -0.05) is 6.07 Å². The van der Waals surface area contributed by atoms with Gasteiger partial charge in [-0.05, 0) is 31.0 Å². The summed E-state index contributed by atoms with van der Waals surface area (Å²) >= 11 is 0. The summed E-state index contributed by atoms with van der Waals surface area (Å²) in [6, 6.07) is 3.19. The summed E-state index contributed by atoms with van der Waals surface area (Å²) < 4.78 is 22.5. The standard InChI is InChI=1S/C9H12N2O3S/c1-6-3-7(2)9(11-5-12)8(4-6)15(10,13)14/h3-5H,1-2H3,(H,11,12)(H2,10,13,14). The Labute approximate surface area is 88.3 Å². The van der Waals surface area contributed by atoms with Gasteiger partial charge in [-0.25, -0.2) is 13.6 Å².